The minimum Gasteiger partial charge on any atom is -0.350 e. The zero-order valence-corrected chi connectivity index (χ0v) is 16.0. The van der Waals surface area contributed by atoms with Crippen molar-refractivity contribution in [1.82, 2.24) is 20.2 Å². The molecule has 2 heterocycles. The average molecular weight is 418 g/mol. The summed E-state index contributed by atoms with van der Waals surface area (Å²) in [5, 5.41) is 4.48. The third kappa shape index (κ3) is 6.83. The molecule has 0 saturated heterocycles. The Hall–Kier alpha value is -2.14. The van der Waals surface area contributed by atoms with Gasteiger partial charge in [-0.05, 0) is 24.4 Å². The van der Waals surface area contributed by atoms with Gasteiger partial charge in [-0.3, -0.25) is 9.59 Å². The van der Waals surface area contributed by atoms with Gasteiger partial charge in [0.2, 0.25) is 11.8 Å². The van der Waals surface area contributed by atoms with Crippen molar-refractivity contribution >= 4 is 34.9 Å². The second kappa shape index (κ2) is 9.70. The number of thiophene rings is 1. The number of thioether (sulfide) groups is 1. The Labute approximate surface area is 162 Å². The maximum Gasteiger partial charge on any atom is 0.433 e. The Kier molecular flexibility index (Phi) is 7.60. The van der Waals surface area contributed by atoms with Gasteiger partial charge >= 0.3 is 6.18 Å². The molecule has 2 rings (SSSR count). The van der Waals surface area contributed by atoms with E-state index in [0.717, 1.165) is 28.9 Å². The molecular formula is C16H17F3N4O2S2. The highest BCUT2D eigenvalue weighted by atomic mass is 32.2. The number of halogens is 3. The van der Waals surface area contributed by atoms with E-state index in [2.05, 4.69) is 15.3 Å². The summed E-state index contributed by atoms with van der Waals surface area (Å²) in [6.07, 6.45) is -3.57. The van der Waals surface area contributed by atoms with Crippen LogP contribution < -0.4 is 5.32 Å². The highest BCUT2D eigenvalue weighted by Gasteiger charge is 2.32. The molecule has 2 amide bonds. The minimum absolute atomic E-state index is 0.120. The molecular weight excluding hydrogens is 401 g/mol. The third-order valence-electron chi connectivity index (χ3n) is 3.36. The molecule has 1 N–H and O–H groups in total. The van der Waals surface area contributed by atoms with Crippen LogP contribution in [0.2, 0.25) is 0 Å². The Balaban J connectivity index is 1.84. The first kappa shape index (κ1) is 21.2. The molecule has 0 atom stereocenters. The summed E-state index contributed by atoms with van der Waals surface area (Å²) in [7, 11) is 0. The van der Waals surface area contributed by atoms with E-state index in [1.165, 1.54) is 16.2 Å². The average Bonchev–Trinajstić information content (AvgIpc) is 3.15. The van der Waals surface area contributed by atoms with E-state index in [1.807, 2.05) is 17.5 Å². The van der Waals surface area contributed by atoms with Crippen molar-refractivity contribution in [3.05, 3.63) is 40.3 Å². The van der Waals surface area contributed by atoms with Crippen molar-refractivity contribution in [2.24, 2.45) is 0 Å². The Morgan fingerprint density at radius 3 is 2.74 bits per heavy atom. The van der Waals surface area contributed by atoms with E-state index in [0.29, 0.717) is 13.1 Å². The smallest absolute Gasteiger partial charge is 0.350 e. The van der Waals surface area contributed by atoms with Gasteiger partial charge in [-0.1, -0.05) is 17.8 Å². The molecule has 0 aliphatic carbocycles. The zero-order valence-electron chi connectivity index (χ0n) is 14.3. The zero-order chi connectivity index (χ0) is 19.9. The summed E-state index contributed by atoms with van der Waals surface area (Å²) in [5.41, 5.74) is -1.06. The molecule has 2 aromatic rings. The SMILES string of the molecule is CCN(CC(=O)NCc1cccs1)C(=O)CSc1nccc(C(F)(F)F)n1. The second-order valence-electron chi connectivity index (χ2n) is 5.27. The minimum atomic E-state index is -4.57. The van der Waals surface area contributed by atoms with Crippen molar-refractivity contribution in [3.63, 3.8) is 0 Å². The summed E-state index contributed by atoms with van der Waals surface area (Å²) in [5.74, 6) is -0.846. The van der Waals surface area contributed by atoms with Crippen molar-refractivity contribution in [3.8, 4) is 0 Å². The summed E-state index contributed by atoms with van der Waals surface area (Å²) < 4.78 is 37.9. The van der Waals surface area contributed by atoms with E-state index in [1.54, 1.807) is 6.92 Å². The number of nitrogens with one attached hydrogen (secondary N) is 1. The Bertz CT molecular complexity index is 769. The maximum absolute atomic E-state index is 12.6. The van der Waals surface area contributed by atoms with Gasteiger partial charge in [0, 0.05) is 17.6 Å². The summed E-state index contributed by atoms with van der Waals surface area (Å²) in [6.45, 7) is 2.28. The number of hydrogen-bond donors (Lipinski definition) is 1. The fraction of sp³-hybridized carbons (Fsp3) is 0.375. The summed E-state index contributed by atoms with van der Waals surface area (Å²) >= 11 is 2.31. The largest absolute Gasteiger partial charge is 0.433 e. The van der Waals surface area contributed by atoms with Crippen LogP contribution in [-0.2, 0) is 22.3 Å². The molecule has 0 saturated carbocycles. The van der Waals surface area contributed by atoms with Gasteiger partial charge in [0.1, 0.15) is 5.69 Å². The van der Waals surface area contributed by atoms with Crippen LogP contribution in [0.3, 0.4) is 0 Å². The predicted octanol–water partition coefficient (Wildman–Crippen LogP) is 2.81. The molecule has 0 radical (unpaired) electrons. The molecule has 146 valence electrons. The number of carbonyl (C=O) groups excluding carboxylic acids is 2. The highest BCUT2D eigenvalue weighted by Crippen LogP contribution is 2.28. The van der Waals surface area contributed by atoms with Crippen molar-refractivity contribution in [2.45, 2.75) is 24.8 Å². The number of amides is 2. The topological polar surface area (TPSA) is 75.2 Å². The van der Waals surface area contributed by atoms with Crippen LogP contribution >= 0.6 is 23.1 Å². The number of aromatic nitrogens is 2. The van der Waals surface area contributed by atoms with Crippen LogP contribution in [0.25, 0.3) is 0 Å². The lowest BCUT2D eigenvalue weighted by molar-refractivity contribution is -0.141. The van der Waals surface area contributed by atoms with Gasteiger partial charge < -0.3 is 10.2 Å². The van der Waals surface area contributed by atoms with E-state index < -0.39 is 11.9 Å². The van der Waals surface area contributed by atoms with Crippen LogP contribution in [0.4, 0.5) is 13.2 Å². The van der Waals surface area contributed by atoms with E-state index in [4.69, 9.17) is 0 Å². The van der Waals surface area contributed by atoms with Crippen LogP contribution in [0.5, 0.6) is 0 Å². The molecule has 6 nitrogen and oxygen atoms in total. The number of likely N-dealkylation sites (N-methyl/N-ethyl adjacent to an activating group) is 1. The number of nitrogens with zero attached hydrogens (tertiary/aromatic N) is 3. The fourth-order valence-electron chi connectivity index (χ4n) is 1.99. The lowest BCUT2D eigenvalue weighted by atomic mass is 10.4. The normalized spacial score (nSPS) is 11.3. The highest BCUT2D eigenvalue weighted by molar-refractivity contribution is 7.99. The summed E-state index contributed by atoms with van der Waals surface area (Å²) in [4.78, 5) is 33.7. The first-order chi connectivity index (χ1) is 12.8. The molecule has 0 fully saturated rings. The fourth-order valence-corrected chi connectivity index (χ4v) is 3.37. The lowest BCUT2D eigenvalue weighted by Gasteiger charge is -2.20. The second-order valence-corrected chi connectivity index (χ2v) is 7.25. The van der Waals surface area contributed by atoms with Gasteiger partial charge in [0.15, 0.2) is 5.16 Å². The van der Waals surface area contributed by atoms with Gasteiger partial charge in [0.05, 0.1) is 18.8 Å². The quantitative estimate of drug-likeness (QED) is 0.527. The molecule has 27 heavy (non-hydrogen) atoms. The first-order valence-electron chi connectivity index (χ1n) is 7.89. The summed E-state index contributed by atoms with van der Waals surface area (Å²) in [6, 6.07) is 4.53. The molecule has 2 aromatic heterocycles. The first-order valence-corrected chi connectivity index (χ1v) is 9.76. The number of hydrogen-bond acceptors (Lipinski definition) is 6. The number of alkyl halides is 3. The van der Waals surface area contributed by atoms with E-state index in [-0.39, 0.29) is 29.3 Å². The van der Waals surface area contributed by atoms with Crippen molar-refractivity contribution in [1.29, 1.82) is 0 Å². The van der Waals surface area contributed by atoms with Crippen LogP contribution in [0, 0.1) is 0 Å². The van der Waals surface area contributed by atoms with Gasteiger partial charge in [-0.2, -0.15) is 13.2 Å². The molecule has 0 unspecified atom stereocenters. The van der Waals surface area contributed by atoms with Crippen LogP contribution in [-0.4, -0.2) is 45.5 Å². The van der Waals surface area contributed by atoms with Crippen molar-refractivity contribution in [2.75, 3.05) is 18.8 Å². The standard InChI is InChI=1S/C16H17F3N4O2S2/c1-2-23(9-13(24)21-8-11-4-3-7-26-11)14(25)10-27-15-20-6-5-12(22-15)16(17,18)19/h3-7H,2,8-10H2,1H3,(H,21,24). The van der Waals surface area contributed by atoms with E-state index >= 15 is 0 Å². The van der Waals surface area contributed by atoms with Crippen molar-refractivity contribution < 1.29 is 22.8 Å². The number of carbonyl (C=O) groups is 2. The third-order valence-corrected chi connectivity index (χ3v) is 5.08. The van der Waals surface area contributed by atoms with Gasteiger partial charge in [-0.25, -0.2) is 9.97 Å². The molecule has 0 bridgehead atoms. The van der Waals surface area contributed by atoms with Gasteiger partial charge in [-0.15, -0.1) is 11.3 Å². The lowest BCUT2D eigenvalue weighted by Crippen LogP contribution is -2.41. The Morgan fingerprint density at radius 1 is 1.33 bits per heavy atom. The monoisotopic (exact) mass is 418 g/mol. The molecule has 0 aliphatic rings. The predicted molar refractivity (Wildman–Crippen MR) is 96.2 cm³/mol. The molecule has 11 heteroatoms. The molecule has 0 aliphatic heterocycles. The van der Waals surface area contributed by atoms with Crippen LogP contribution in [0.15, 0.2) is 34.9 Å². The maximum atomic E-state index is 12.6. The van der Waals surface area contributed by atoms with E-state index in [9.17, 15) is 22.8 Å². The Morgan fingerprint density at radius 2 is 2.11 bits per heavy atom. The number of rotatable bonds is 8. The molecule has 0 aromatic carbocycles. The van der Waals surface area contributed by atoms with Crippen LogP contribution in [0.1, 0.15) is 17.5 Å². The van der Waals surface area contributed by atoms with Gasteiger partial charge in [0.25, 0.3) is 0 Å². The molecule has 0 spiro atoms.